The lowest BCUT2D eigenvalue weighted by Gasteiger charge is -2.38. The fraction of sp³-hybridized carbons (Fsp3) is 0.262. The fourth-order valence-corrected chi connectivity index (χ4v) is 25.2. The van der Waals surface area contributed by atoms with Gasteiger partial charge in [-0.25, -0.2) is 19.9 Å². The molecule has 770 valence electrons. The highest BCUT2D eigenvalue weighted by molar-refractivity contribution is 7.80. The normalized spacial score (nSPS) is 14.1. The third-order valence-corrected chi connectivity index (χ3v) is 32.5. The summed E-state index contributed by atoms with van der Waals surface area (Å²) in [5, 5.41) is 38.8. The Balaban J connectivity index is 0.000000132. The van der Waals surface area contributed by atoms with Crippen LogP contribution in [0.3, 0.4) is 0 Å². The number of anilines is 5. The first-order valence-corrected chi connectivity index (χ1v) is 56.4. The Labute approximate surface area is 906 Å². The Bertz CT molecular complexity index is 6910. The third-order valence-electron chi connectivity index (χ3n) is 26.7. The second-order valence-corrected chi connectivity index (χ2v) is 47.6. The summed E-state index contributed by atoms with van der Waals surface area (Å²) >= 11 is 17.9. The molecule has 9 N–H and O–H groups in total. The largest absolute Gasteiger partial charge is 0.455 e. The number of aromatic nitrogens is 4. The molecule has 8 heterocycles. The molecule has 20 heteroatoms. The maximum Gasteiger partial charge on any atom is 0.139 e. The number of fused-ring (bicyclic) bond motifs is 6. The molecule has 15 nitrogen and oxygen atoms in total. The minimum atomic E-state index is -0.824. The number of halogens is 3. The molecule has 150 heavy (non-hydrogen) atoms. The molecule has 0 atom stereocenters. The van der Waals surface area contributed by atoms with Gasteiger partial charge >= 0.3 is 0 Å². The maximum absolute atomic E-state index is 7.26. The first-order valence-electron chi connectivity index (χ1n) is 52.6. The van der Waals surface area contributed by atoms with Gasteiger partial charge in [0.2, 0.25) is 0 Å². The van der Waals surface area contributed by atoms with E-state index >= 15 is 0 Å². The van der Waals surface area contributed by atoms with Gasteiger partial charge in [-0.3, -0.25) is 0 Å². The molecule has 4 aliphatic rings. The first-order chi connectivity index (χ1) is 72.7. The summed E-state index contributed by atoms with van der Waals surface area (Å²) < 4.78 is 7.26. The van der Waals surface area contributed by atoms with E-state index in [9.17, 15) is 0 Å². The number of nitrogens with zero attached hydrogens (tertiary/aromatic N) is 6. The molecule has 22 rings (SSSR count). The highest BCUT2D eigenvalue weighted by Crippen LogP contribution is 2.53. The quantitative estimate of drug-likeness (QED) is 0.0252. The molecule has 0 bridgehead atoms. The molecule has 14 aromatic carbocycles. The monoisotopic (exact) mass is 2080 g/mol. The highest BCUT2D eigenvalue weighted by Gasteiger charge is 2.40. The van der Waals surface area contributed by atoms with Crippen LogP contribution in [-0.2, 0) is 31.6 Å². The summed E-state index contributed by atoms with van der Waals surface area (Å²) in [6, 6.07) is 141. The van der Waals surface area contributed by atoms with Crippen LogP contribution in [-0.4, -0.2) is 93.9 Å². The summed E-state index contributed by atoms with van der Waals surface area (Å²) in [6.07, 6.45) is 7.22. The van der Waals surface area contributed by atoms with Crippen molar-refractivity contribution < 1.29 is 4.74 Å². The van der Waals surface area contributed by atoms with Crippen molar-refractivity contribution in [1.29, 1.82) is 0 Å². The minimum absolute atomic E-state index is 0.171. The minimum Gasteiger partial charge on any atom is -0.455 e. The number of benzene rings is 14. The van der Waals surface area contributed by atoms with Crippen molar-refractivity contribution in [3.63, 3.8) is 0 Å². The second-order valence-electron chi connectivity index (χ2n) is 42.0. The summed E-state index contributed by atoms with van der Waals surface area (Å²) in [6.45, 7) is 34.5. The molecule has 4 aromatic heterocycles. The molecule has 0 unspecified atom stereocenters. The van der Waals surface area contributed by atoms with E-state index in [-0.39, 0.29) is 22.0 Å². The van der Waals surface area contributed by atoms with Gasteiger partial charge in [0.05, 0.1) is 32.1 Å². The topological polar surface area (TPSA) is 178 Å². The number of nitrogens with one attached hydrogen (secondary N) is 7. The molecule has 0 amide bonds. The van der Waals surface area contributed by atoms with E-state index in [1.54, 1.807) is 6.07 Å². The van der Waals surface area contributed by atoms with Crippen LogP contribution in [0, 0.1) is 0 Å². The molecular formula is C130H143Cl3N14OP2. The van der Waals surface area contributed by atoms with Crippen LogP contribution < -0.4 is 89.3 Å². The number of ether oxygens (including phenoxy) is 1. The van der Waals surface area contributed by atoms with Gasteiger partial charge in [0.25, 0.3) is 0 Å². The number of hydrogen-bond donors (Lipinski definition) is 8. The van der Waals surface area contributed by atoms with E-state index in [0.29, 0.717) is 28.8 Å². The summed E-state index contributed by atoms with van der Waals surface area (Å²) in [7, 11) is -1.65. The average molecular weight is 2090 g/mol. The van der Waals surface area contributed by atoms with Gasteiger partial charge in [0, 0.05) is 159 Å². The van der Waals surface area contributed by atoms with Crippen LogP contribution >= 0.6 is 50.6 Å². The van der Waals surface area contributed by atoms with E-state index < -0.39 is 15.8 Å². The predicted molar refractivity (Wildman–Crippen MR) is 645 cm³/mol. The highest BCUT2D eigenvalue weighted by atomic mass is 35.5. The van der Waals surface area contributed by atoms with Gasteiger partial charge in [-0.2, -0.15) is 0 Å². The molecule has 0 radical (unpaired) electrons. The van der Waals surface area contributed by atoms with E-state index in [0.717, 1.165) is 119 Å². The Morgan fingerprint density at radius 2 is 0.607 bits per heavy atom. The smallest absolute Gasteiger partial charge is 0.139 e. The molecule has 0 aliphatic carbocycles. The standard InChI is InChI=1S/C39H32OP2.2C25H32N4.C16H13ClN2.C9H5Cl2N.C9H20N2.C7H9N/c1-39(2)33-25-15-27-35(41(29-17-7-3-8-18-29)30-19-9-4-10-20-30)37(33)40-38-34(39)26-16-28-36(38)42(31-21-11-5-12-22-31)32-23-13-6-14-24-32;2*1-25(2,3)28-20-13-15-29(16-14-20)23-17-24(26-18-19-9-5-4-6-10-19)27-22-12-8-7-11-21(22)23;17-14-10-16(18-11-12-6-2-1-3-7-12)19-15-9-5-4-8-13(14)15;10-7-5-9(11)12-8-4-2-1-3-6(7)8;1-9(2,3)11-8-4-6-10-7-5-8;8-6-7-4-2-1-3-5-7/h3-28H,1-2H3;2*4-12,17,20,28H,13-16,18H2,1-3H3,(H,26,27);1-10H,11H2,(H,18,19);1-5H;8,10-11H,4-7H2,1-3H3;1-5H,6,8H2. The Kier molecular flexibility index (Phi) is 38.9. The number of hydrogen-bond acceptors (Lipinski definition) is 15. The van der Waals surface area contributed by atoms with Gasteiger partial charge < -0.3 is 57.5 Å². The van der Waals surface area contributed by atoms with Gasteiger partial charge in [-0.05, 0) is 210 Å². The van der Waals surface area contributed by atoms with Crippen LogP contribution in [0.5, 0.6) is 11.5 Å². The molecule has 3 fully saturated rings. The van der Waals surface area contributed by atoms with Gasteiger partial charge in [0.1, 0.15) is 34.1 Å². The molecule has 18 aromatic rings. The fourth-order valence-electron chi connectivity index (χ4n) is 19.7. The predicted octanol–water partition coefficient (Wildman–Crippen LogP) is 28.4. The van der Waals surface area contributed by atoms with E-state index in [1.807, 2.05) is 115 Å². The Morgan fingerprint density at radius 3 is 0.933 bits per heavy atom. The summed E-state index contributed by atoms with van der Waals surface area (Å²) in [5.74, 6) is 4.71. The SMILES string of the molecule is CC(C)(C)NC1CCN(c2cc(NCc3ccccc3)nc3ccccc23)CC1.CC(C)(C)NC1CCN(c2cc(NCc3ccccc3)nc3ccccc23)CC1.CC(C)(C)NC1CCNCC1.CC1(C)c2cccc(P(c3ccccc3)c3ccccc3)c2Oc2c(P(c3ccccc3)c3ccccc3)cccc21.Clc1cc(Cl)c2ccccc2n1.Clc1cc(NCc2ccccc2)nc2ccccc12.NCc1ccccc1. The molecule has 3 saturated heterocycles. The van der Waals surface area contributed by atoms with E-state index in [2.05, 4.69) is 412 Å². The van der Waals surface area contributed by atoms with Crippen molar-refractivity contribution in [2.75, 3.05) is 65.0 Å². The summed E-state index contributed by atoms with van der Waals surface area (Å²) in [5.41, 5.74) is 19.6. The van der Waals surface area contributed by atoms with Crippen molar-refractivity contribution in [3.05, 3.63) is 449 Å². The number of nitrogens with two attached hydrogens (primary N) is 1. The first kappa shape index (κ1) is 110. The van der Waals surface area contributed by atoms with Gasteiger partial charge in [-0.15, -0.1) is 0 Å². The Hall–Kier alpha value is -13.0. The van der Waals surface area contributed by atoms with Crippen molar-refractivity contribution >= 4 is 155 Å². The zero-order chi connectivity index (χ0) is 105. The van der Waals surface area contributed by atoms with Gasteiger partial charge in [0.15, 0.2) is 0 Å². The van der Waals surface area contributed by atoms with Crippen LogP contribution in [0.2, 0.25) is 15.2 Å². The number of rotatable bonds is 21. The lowest BCUT2D eigenvalue weighted by Crippen LogP contribution is -2.49. The summed E-state index contributed by atoms with van der Waals surface area (Å²) in [4.78, 5) is 23.4. The van der Waals surface area contributed by atoms with Crippen molar-refractivity contribution in [3.8, 4) is 11.5 Å². The zero-order valence-electron chi connectivity index (χ0n) is 88.3. The molecule has 0 saturated carbocycles. The van der Waals surface area contributed by atoms with Crippen molar-refractivity contribution in [2.45, 2.75) is 181 Å². The van der Waals surface area contributed by atoms with E-state index in [4.69, 9.17) is 55.2 Å². The zero-order valence-corrected chi connectivity index (χ0v) is 92.4. The lowest BCUT2D eigenvalue weighted by molar-refractivity contribution is 0.304. The number of para-hydroxylation sites is 6. The van der Waals surface area contributed by atoms with Crippen LogP contribution in [0.4, 0.5) is 28.8 Å². The molecule has 0 spiro atoms. The van der Waals surface area contributed by atoms with Crippen molar-refractivity contribution in [1.82, 2.24) is 41.2 Å². The van der Waals surface area contributed by atoms with Crippen LogP contribution in [0.15, 0.2) is 400 Å². The lowest BCUT2D eigenvalue weighted by atomic mass is 9.76. The molecular weight excluding hydrogens is 1940 g/mol. The Morgan fingerprint density at radius 1 is 0.327 bits per heavy atom. The maximum atomic E-state index is 7.26. The molecule has 4 aliphatic heterocycles. The third kappa shape index (κ3) is 31.2. The second kappa shape index (κ2) is 53.2. The average Bonchev–Trinajstić information content (AvgIpc) is 0.720. The van der Waals surface area contributed by atoms with Gasteiger partial charge in [-0.1, -0.05) is 400 Å². The van der Waals surface area contributed by atoms with Crippen LogP contribution in [0.25, 0.3) is 43.6 Å². The number of pyridine rings is 4. The van der Waals surface area contributed by atoms with Crippen LogP contribution in [0.1, 0.15) is 148 Å². The number of piperidine rings is 3. The van der Waals surface area contributed by atoms with E-state index in [1.165, 1.54) is 139 Å². The van der Waals surface area contributed by atoms with Crippen molar-refractivity contribution in [2.24, 2.45) is 5.73 Å².